The molecule has 0 unspecified atom stereocenters. The monoisotopic (exact) mass is 848 g/mol. The summed E-state index contributed by atoms with van der Waals surface area (Å²) < 4.78 is 10.9. The molecule has 18 heteroatoms. The van der Waals surface area contributed by atoms with E-state index in [9.17, 15) is 29.8 Å². The van der Waals surface area contributed by atoms with Crippen molar-refractivity contribution in [2.45, 2.75) is 58.8 Å². The van der Waals surface area contributed by atoms with E-state index in [0.29, 0.717) is 74.6 Å². The molecule has 0 radical (unpaired) electrons. The predicted octanol–water partition coefficient (Wildman–Crippen LogP) is 11.8. The Bertz CT molecular complexity index is 1940. The standard InChI is InChI=1S/C41H46Cl2N8O8/c1-3-48(32-16-12-30(13-17-32)44-46-38-22-20-34(50(54)55)28-36(38)42)24-26-58-40(52)10-8-6-5-7-9-11-41(53)59-27-25-49(4-2)33-18-14-31(15-19-33)45-47-39-23-21-35(51(56)57)29-37(39)43/h12-23,28-29H,3-11,24-27H2,1-2H3. The highest BCUT2D eigenvalue weighted by Gasteiger charge is 2.12. The van der Waals surface area contributed by atoms with Crippen LogP contribution in [0.15, 0.2) is 105 Å². The number of anilines is 2. The van der Waals surface area contributed by atoms with Gasteiger partial charge in [0.05, 0.1) is 44.4 Å². The Morgan fingerprint density at radius 3 is 1.29 bits per heavy atom. The van der Waals surface area contributed by atoms with Gasteiger partial charge in [0.2, 0.25) is 0 Å². The number of hydrogen-bond acceptors (Lipinski definition) is 14. The van der Waals surface area contributed by atoms with E-state index >= 15 is 0 Å². The Morgan fingerprint density at radius 1 is 0.576 bits per heavy atom. The minimum atomic E-state index is -0.528. The number of halogens is 2. The van der Waals surface area contributed by atoms with E-state index in [0.717, 1.165) is 30.6 Å². The maximum atomic E-state index is 12.3. The molecule has 4 aromatic carbocycles. The van der Waals surface area contributed by atoms with E-state index in [1.807, 2.05) is 38.1 Å². The predicted molar refractivity (Wildman–Crippen MR) is 227 cm³/mol. The second kappa shape index (κ2) is 24.0. The van der Waals surface area contributed by atoms with Crippen LogP contribution in [-0.4, -0.2) is 61.2 Å². The minimum absolute atomic E-state index is 0.122. The molecule has 0 fully saturated rings. The van der Waals surface area contributed by atoms with Crippen molar-refractivity contribution >= 4 is 80.6 Å². The molecule has 312 valence electrons. The third kappa shape index (κ3) is 15.4. The Kier molecular flexibility index (Phi) is 18.6. The number of nitrogens with zero attached hydrogens (tertiary/aromatic N) is 8. The van der Waals surface area contributed by atoms with Gasteiger partial charge in [-0.25, -0.2) is 0 Å². The van der Waals surface area contributed by atoms with Crippen LogP contribution in [-0.2, 0) is 19.1 Å². The van der Waals surface area contributed by atoms with Gasteiger partial charge in [0.25, 0.3) is 11.4 Å². The SMILES string of the molecule is CCN(CCOC(=O)CCCCCCCC(=O)OCCN(CC)c1ccc(N=Nc2ccc([N+](=O)[O-])cc2Cl)cc1)c1ccc(N=Nc2ccc([N+](=O)[O-])cc2Cl)cc1. The summed E-state index contributed by atoms with van der Waals surface area (Å²) in [6.07, 6.45) is 4.73. The van der Waals surface area contributed by atoms with Crippen molar-refractivity contribution in [3.63, 3.8) is 0 Å². The van der Waals surface area contributed by atoms with Crippen LogP contribution >= 0.6 is 23.2 Å². The Morgan fingerprint density at radius 2 is 0.949 bits per heavy atom. The first-order valence-electron chi connectivity index (χ1n) is 19.2. The van der Waals surface area contributed by atoms with Gasteiger partial charge in [0.15, 0.2) is 0 Å². The summed E-state index contributed by atoms with van der Waals surface area (Å²) >= 11 is 12.2. The van der Waals surface area contributed by atoms with Crippen LogP contribution in [0.4, 0.5) is 45.5 Å². The fraction of sp³-hybridized carbons (Fsp3) is 0.366. The van der Waals surface area contributed by atoms with Crippen LogP contribution in [0.3, 0.4) is 0 Å². The molecular formula is C41H46Cl2N8O8. The van der Waals surface area contributed by atoms with Crippen LogP contribution in [0.1, 0.15) is 58.8 Å². The molecule has 0 amide bonds. The van der Waals surface area contributed by atoms with Crippen molar-refractivity contribution < 1.29 is 28.9 Å². The molecule has 0 aromatic heterocycles. The highest BCUT2D eigenvalue weighted by Crippen LogP contribution is 2.32. The second-order valence-electron chi connectivity index (χ2n) is 13.1. The molecule has 0 saturated heterocycles. The lowest BCUT2D eigenvalue weighted by atomic mass is 10.1. The number of esters is 2. The van der Waals surface area contributed by atoms with Crippen molar-refractivity contribution in [1.82, 2.24) is 0 Å². The topological polar surface area (TPSA) is 195 Å². The maximum Gasteiger partial charge on any atom is 0.305 e. The van der Waals surface area contributed by atoms with Crippen molar-refractivity contribution in [3.05, 3.63) is 115 Å². The number of azo groups is 2. The average Bonchev–Trinajstić information content (AvgIpc) is 3.23. The molecule has 0 aliphatic carbocycles. The summed E-state index contributed by atoms with van der Waals surface area (Å²) in [4.78, 5) is 49.6. The van der Waals surface area contributed by atoms with E-state index in [2.05, 4.69) is 30.3 Å². The number of carbonyl (C=O) groups excluding carboxylic acids is 2. The van der Waals surface area contributed by atoms with Gasteiger partial charge < -0.3 is 19.3 Å². The number of likely N-dealkylation sites (N-methyl/N-ethyl adjacent to an activating group) is 2. The van der Waals surface area contributed by atoms with E-state index in [1.54, 1.807) is 24.3 Å². The van der Waals surface area contributed by atoms with Crippen molar-refractivity contribution in [3.8, 4) is 0 Å². The first-order chi connectivity index (χ1) is 28.5. The number of carbonyl (C=O) groups is 2. The number of nitro groups is 2. The summed E-state index contributed by atoms with van der Waals surface area (Å²) in [5.74, 6) is -0.476. The van der Waals surface area contributed by atoms with Crippen LogP contribution in [0, 0.1) is 20.2 Å². The van der Waals surface area contributed by atoms with E-state index in [1.165, 1.54) is 36.4 Å². The Balaban J connectivity index is 1.04. The number of nitro benzene ring substituents is 2. The number of non-ortho nitro benzene ring substituents is 2. The quantitative estimate of drug-likeness (QED) is 0.0215. The molecule has 0 N–H and O–H groups in total. The largest absolute Gasteiger partial charge is 0.464 e. The molecule has 16 nitrogen and oxygen atoms in total. The Hall–Kier alpha value is -6.00. The summed E-state index contributed by atoms with van der Waals surface area (Å²) in [6, 6.07) is 22.7. The second-order valence-corrected chi connectivity index (χ2v) is 13.9. The van der Waals surface area contributed by atoms with Crippen LogP contribution in [0.5, 0.6) is 0 Å². The number of rotatable bonds is 24. The van der Waals surface area contributed by atoms with Gasteiger partial charge >= 0.3 is 11.9 Å². The van der Waals surface area contributed by atoms with E-state index in [4.69, 9.17) is 32.7 Å². The van der Waals surface area contributed by atoms with Gasteiger partial charge in [-0.15, -0.1) is 10.2 Å². The van der Waals surface area contributed by atoms with Crippen molar-refractivity contribution in [2.24, 2.45) is 20.5 Å². The molecular weight excluding hydrogens is 803 g/mol. The summed E-state index contributed by atoms with van der Waals surface area (Å²) in [5, 5.41) is 38.6. The Labute approximate surface area is 352 Å². The molecule has 0 aliphatic heterocycles. The fourth-order valence-electron chi connectivity index (χ4n) is 5.76. The number of unbranched alkanes of at least 4 members (excludes halogenated alkanes) is 4. The highest BCUT2D eigenvalue weighted by atomic mass is 35.5. The normalized spacial score (nSPS) is 11.2. The van der Waals surface area contributed by atoms with Crippen LogP contribution in [0.25, 0.3) is 0 Å². The maximum absolute atomic E-state index is 12.3. The van der Waals surface area contributed by atoms with Crippen LogP contribution < -0.4 is 9.80 Å². The first kappa shape index (κ1) is 45.7. The smallest absolute Gasteiger partial charge is 0.305 e. The van der Waals surface area contributed by atoms with Gasteiger partial charge in [-0.05, 0) is 87.4 Å². The molecule has 0 spiro atoms. The molecule has 0 heterocycles. The highest BCUT2D eigenvalue weighted by molar-refractivity contribution is 6.33. The molecule has 0 saturated carbocycles. The lowest BCUT2D eigenvalue weighted by Gasteiger charge is -2.23. The van der Waals surface area contributed by atoms with Gasteiger partial charge in [-0.2, -0.15) is 10.2 Å². The zero-order chi connectivity index (χ0) is 42.6. The zero-order valence-electron chi connectivity index (χ0n) is 32.9. The van der Waals surface area contributed by atoms with Crippen molar-refractivity contribution in [1.29, 1.82) is 0 Å². The summed E-state index contributed by atoms with van der Waals surface area (Å²) in [5.41, 5.74) is 3.43. The van der Waals surface area contributed by atoms with E-state index < -0.39 is 9.85 Å². The lowest BCUT2D eigenvalue weighted by molar-refractivity contribution is -0.385. The van der Waals surface area contributed by atoms with Gasteiger partial charge in [-0.3, -0.25) is 29.8 Å². The molecule has 0 bridgehead atoms. The third-order valence-electron chi connectivity index (χ3n) is 9.03. The van der Waals surface area contributed by atoms with Crippen molar-refractivity contribution in [2.75, 3.05) is 49.2 Å². The molecule has 4 rings (SSSR count). The molecule has 0 atom stereocenters. The third-order valence-corrected chi connectivity index (χ3v) is 9.64. The molecule has 59 heavy (non-hydrogen) atoms. The summed E-state index contributed by atoms with van der Waals surface area (Å²) in [7, 11) is 0. The fourth-order valence-corrected chi connectivity index (χ4v) is 6.18. The van der Waals surface area contributed by atoms with Gasteiger partial charge in [0.1, 0.15) is 24.6 Å². The molecule has 4 aromatic rings. The van der Waals surface area contributed by atoms with Crippen LogP contribution in [0.2, 0.25) is 10.0 Å². The minimum Gasteiger partial charge on any atom is -0.464 e. The number of ether oxygens (including phenoxy) is 2. The number of hydrogen-bond donors (Lipinski definition) is 0. The van der Waals surface area contributed by atoms with Gasteiger partial charge in [-0.1, -0.05) is 42.5 Å². The summed E-state index contributed by atoms with van der Waals surface area (Å²) in [6.45, 7) is 7.01. The van der Waals surface area contributed by atoms with E-state index in [-0.39, 0.29) is 46.6 Å². The average molecular weight is 850 g/mol. The number of benzene rings is 4. The zero-order valence-corrected chi connectivity index (χ0v) is 34.4. The first-order valence-corrected chi connectivity index (χ1v) is 20.0. The van der Waals surface area contributed by atoms with Gasteiger partial charge in [0, 0.05) is 61.6 Å². The lowest BCUT2D eigenvalue weighted by Crippen LogP contribution is -2.27. The molecule has 0 aliphatic rings.